The fourth-order valence-electron chi connectivity index (χ4n) is 4.09. The molecular weight excluding hydrogens is 357 g/mol. The molecule has 0 aromatic heterocycles. The van der Waals surface area contributed by atoms with Gasteiger partial charge < -0.3 is 14.4 Å². The molecule has 0 N–H and O–H groups in total. The maximum atomic E-state index is 13.0. The molecule has 0 saturated carbocycles. The highest BCUT2D eigenvalue weighted by Gasteiger charge is 2.23. The van der Waals surface area contributed by atoms with Crippen molar-refractivity contribution in [2.24, 2.45) is 0 Å². The number of carbonyl (C=O) groups is 1. The van der Waals surface area contributed by atoms with Gasteiger partial charge in [-0.3, -0.25) is 4.79 Å². The molecule has 2 aliphatic heterocycles. The second kappa shape index (κ2) is 8.74. The van der Waals surface area contributed by atoms with Gasteiger partial charge in [0.2, 0.25) is 0 Å². The van der Waals surface area contributed by atoms with Gasteiger partial charge in [0, 0.05) is 18.5 Å². The Hall–Kier alpha value is -2.40. The second-order valence-corrected chi connectivity index (χ2v) is 7.58. The van der Waals surface area contributed by atoms with E-state index >= 15 is 0 Å². The predicted molar refractivity (Wildman–Crippen MR) is 106 cm³/mol. The van der Waals surface area contributed by atoms with Crippen molar-refractivity contribution in [2.45, 2.75) is 31.6 Å². The van der Waals surface area contributed by atoms with Crippen molar-refractivity contribution in [1.82, 2.24) is 4.90 Å². The highest BCUT2D eigenvalue weighted by atomic mass is 19.1. The van der Waals surface area contributed by atoms with Crippen molar-refractivity contribution >= 4 is 5.78 Å². The molecule has 0 aliphatic carbocycles. The Bertz CT molecular complexity index is 821. The molecule has 0 bridgehead atoms. The van der Waals surface area contributed by atoms with Gasteiger partial charge in [0.1, 0.15) is 19.0 Å². The molecule has 1 fully saturated rings. The number of halogens is 1. The molecule has 2 aromatic carbocycles. The first kappa shape index (κ1) is 18.9. The monoisotopic (exact) mass is 383 g/mol. The smallest absolute Gasteiger partial charge is 0.162 e. The summed E-state index contributed by atoms with van der Waals surface area (Å²) in [6.07, 6.45) is 3.65. The number of Topliss-reactive ketones (excluding diaryl/α,β-unsaturated/α-hetero) is 1. The molecule has 1 saturated heterocycles. The molecule has 4 nitrogen and oxygen atoms in total. The SMILES string of the molecule is O=C(CCCN1CCCC(c2ccc3c(c2)OCCO3)C1)c1ccc(F)cc1. The molecule has 28 heavy (non-hydrogen) atoms. The van der Waals surface area contributed by atoms with Gasteiger partial charge in [-0.25, -0.2) is 4.39 Å². The van der Waals surface area contributed by atoms with Crippen molar-refractivity contribution in [1.29, 1.82) is 0 Å². The zero-order chi connectivity index (χ0) is 19.3. The van der Waals surface area contributed by atoms with Crippen LogP contribution in [-0.4, -0.2) is 43.5 Å². The lowest BCUT2D eigenvalue weighted by Crippen LogP contribution is -2.35. The van der Waals surface area contributed by atoms with Crippen molar-refractivity contribution in [2.75, 3.05) is 32.8 Å². The number of ether oxygens (including phenoxy) is 2. The number of hydrogen-bond acceptors (Lipinski definition) is 4. The quantitative estimate of drug-likeness (QED) is 0.692. The van der Waals surface area contributed by atoms with Crippen molar-refractivity contribution in [3.8, 4) is 11.5 Å². The molecule has 148 valence electrons. The Kier molecular flexibility index (Phi) is 5.91. The van der Waals surface area contributed by atoms with E-state index in [2.05, 4.69) is 17.0 Å². The molecule has 0 amide bonds. The first-order chi connectivity index (χ1) is 13.7. The number of fused-ring (bicyclic) bond motifs is 1. The Labute approximate surface area is 165 Å². The number of benzene rings is 2. The minimum atomic E-state index is -0.310. The molecular formula is C23H26FNO3. The normalized spacial score (nSPS) is 19.4. The maximum absolute atomic E-state index is 13.0. The molecule has 2 aromatic rings. The highest BCUT2D eigenvalue weighted by Crippen LogP contribution is 2.35. The van der Waals surface area contributed by atoms with E-state index in [0.717, 1.165) is 44.0 Å². The largest absolute Gasteiger partial charge is 0.486 e. The molecule has 1 unspecified atom stereocenters. The molecule has 2 aliphatic rings. The first-order valence-electron chi connectivity index (χ1n) is 10.1. The van der Waals surface area contributed by atoms with Crippen LogP contribution >= 0.6 is 0 Å². The summed E-state index contributed by atoms with van der Waals surface area (Å²) in [4.78, 5) is 14.7. The van der Waals surface area contributed by atoms with E-state index in [4.69, 9.17) is 9.47 Å². The Morgan fingerprint density at radius 1 is 1.07 bits per heavy atom. The van der Waals surface area contributed by atoms with Gasteiger partial charge in [-0.15, -0.1) is 0 Å². The number of ketones is 1. The number of rotatable bonds is 6. The first-order valence-corrected chi connectivity index (χ1v) is 10.1. The van der Waals surface area contributed by atoms with Crippen LogP contribution in [0.15, 0.2) is 42.5 Å². The Morgan fingerprint density at radius 2 is 1.86 bits per heavy atom. The van der Waals surface area contributed by atoms with E-state index in [-0.39, 0.29) is 11.6 Å². The number of hydrogen-bond donors (Lipinski definition) is 0. The van der Waals surface area contributed by atoms with E-state index in [1.807, 2.05) is 6.07 Å². The summed E-state index contributed by atoms with van der Waals surface area (Å²) in [6.45, 7) is 4.21. The number of piperidine rings is 1. The number of carbonyl (C=O) groups excluding carboxylic acids is 1. The van der Waals surface area contributed by atoms with E-state index < -0.39 is 0 Å². The molecule has 0 spiro atoms. The van der Waals surface area contributed by atoms with E-state index in [1.54, 1.807) is 12.1 Å². The van der Waals surface area contributed by atoms with Crippen molar-refractivity contribution < 1.29 is 18.7 Å². The second-order valence-electron chi connectivity index (χ2n) is 7.58. The zero-order valence-corrected chi connectivity index (χ0v) is 16.0. The average molecular weight is 383 g/mol. The van der Waals surface area contributed by atoms with Crippen molar-refractivity contribution in [3.63, 3.8) is 0 Å². The number of nitrogens with zero attached hydrogens (tertiary/aromatic N) is 1. The van der Waals surface area contributed by atoms with Crippen LogP contribution in [0, 0.1) is 5.82 Å². The molecule has 0 radical (unpaired) electrons. The van der Waals surface area contributed by atoms with Gasteiger partial charge in [-0.2, -0.15) is 0 Å². The van der Waals surface area contributed by atoms with Crippen LogP contribution in [0.2, 0.25) is 0 Å². The summed E-state index contributed by atoms with van der Waals surface area (Å²) in [6, 6.07) is 12.1. The standard InChI is InChI=1S/C23H26FNO3/c24-20-8-5-17(6-9-20)21(26)4-2-12-25-11-1-3-19(16-25)18-7-10-22-23(15-18)28-14-13-27-22/h5-10,15,19H,1-4,11-14,16H2. The summed E-state index contributed by atoms with van der Waals surface area (Å²) < 4.78 is 24.3. The summed E-state index contributed by atoms with van der Waals surface area (Å²) in [5.74, 6) is 1.94. The molecule has 4 rings (SSSR count). The summed E-state index contributed by atoms with van der Waals surface area (Å²) in [5.41, 5.74) is 1.89. The lowest BCUT2D eigenvalue weighted by Gasteiger charge is -2.33. The predicted octanol–water partition coefficient (Wildman–Crippen LogP) is 4.44. The lowest BCUT2D eigenvalue weighted by molar-refractivity contribution is 0.0972. The van der Waals surface area contributed by atoms with E-state index in [1.165, 1.54) is 24.1 Å². The fourth-order valence-corrected chi connectivity index (χ4v) is 4.09. The van der Waals surface area contributed by atoms with Gasteiger partial charge in [-0.1, -0.05) is 6.07 Å². The minimum Gasteiger partial charge on any atom is -0.486 e. The van der Waals surface area contributed by atoms with Crippen LogP contribution in [0.25, 0.3) is 0 Å². The van der Waals surface area contributed by atoms with Crippen LogP contribution < -0.4 is 9.47 Å². The van der Waals surface area contributed by atoms with E-state index in [9.17, 15) is 9.18 Å². The van der Waals surface area contributed by atoms with Gasteiger partial charge in [0.15, 0.2) is 17.3 Å². The minimum absolute atomic E-state index is 0.0837. The highest BCUT2D eigenvalue weighted by molar-refractivity contribution is 5.95. The van der Waals surface area contributed by atoms with Gasteiger partial charge in [0.25, 0.3) is 0 Å². The summed E-state index contributed by atoms with van der Waals surface area (Å²) in [5, 5.41) is 0. The van der Waals surface area contributed by atoms with Gasteiger partial charge in [0.05, 0.1) is 0 Å². The number of likely N-dealkylation sites (tertiary alicyclic amines) is 1. The molecule has 5 heteroatoms. The van der Waals surface area contributed by atoms with Crippen LogP contribution in [0.3, 0.4) is 0 Å². The topological polar surface area (TPSA) is 38.8 Å². The third-order valence-electron chi connectivity index (χ3n) is 5.59. The lowest BCUT2D eigenvalue weighted by atomic mass is 9.90. The average Bonchev–Trinajstić information content (AvgIpc) is 2.74. The Balaban J connectivity index is 1.29. The summed E-state index contributed by atoms with van der Waals surface area (Å²) in [7, 11) is 0. The third kappa shape index (κ3) is 4.53. The Morgan fingerprint density at radius 3 is 2.68 bits per heavy atom. The van der Waals surface area contributed by atoms with Crippen molar-refractivity contribution in [3.05, 3.63) is 59.4 Å². The van der Waals surface area contributed by atoms with Crippen LogP contribution in [0.4, 0.5) is 4.39 Å². The third-order valence-corrected chi connectivity index (χ3v) is 5.59. The maximum Gasteiger partial charge on any atom is 0.162 e. The van der Waals surface area contributed by atoms with Crippen LogP contribution in [-0.2, 0) is 0 Å². The van der Waals surface area contributed by atoms with Crippen LogP contribution in [0.5, 0.6) is 11.5 Å². The summed E-state index contributed by atoms with van der Waals surface area (Å²) >= 11 is 0. The van der Waals surface area contributed by atoms with Crippen LogP contribution in [0.1, 0.15) is 47.5 Å². The molecule has 1 atom stereocenters. The zero-order valence-electron chi connectivity index (χ0n) is 16.0. The van der Waals surface area contributed by atoms with Gasteiger partial charge in [-0.05, 0) is 80.2 Å². The molecule has 2 heterocycles. The van der Waals surface area contributed by atoms with E-state index in [0.29, 0.717) is 31.1 Å². The fraction of sp³-hybridized carbons (Fsp3) is 0.435. The van der Waals surface area contributed by atoms with Gasteiger partial charge >= 0.3 is 0 Å².